The van der Waals surface area contributed by atoms with Gasteiger partial charge in [0.2, 0.25) is 0 Å². The predicted octanol–water partition coefficient (Wildman–Crippen LogP) is 2.91. The molecule has 0 saturated carbocycles. The Hall–Kier alpha value is -3.85. The lowest BCUT2D eigenvalue weighted by molar-refractivity contribution is 0.0954. The third-order valence-corrected chi connectivity index (χ3v) is 5.10. The minimum absolute atomic E-state index is 0.239. The maximum Gasteiger partial charge on any atom is 0.265 e. The molecule has 0 unspecified atom stereocenters. The van der Waals surface area contributed by atoms with Gasteiger partial charge in [0, 0.05) is 11.9 Å². The highest BCUT2D eigenvalue weighted by Gasteiger charge is 2.14. The zero-order chi connectivity index (χ0) is 20.1. The van der Waals surface area contributed by atoms with Crippen molar-refractivity contribution in [3.63, 3.8) is 0 Å². The number of nitrogens with zero attached hydrogens (tertiary/aromatic N) is 4. The molecule has 0 aliphatic rings. The molecule has 0 aliphatic carbocycles. The molecule has 8 nitrogen and oxygen atoms in total. The Morgan fingerprint density at radius 2 is 1.76 bits per heavy atom. The van der Waals surface area contributed by atoms with Gasteiger partial charge in [-0.3, -0.25) is 14.6 Å². The summed E-state index contributed by atoms with van der Waals surface area (Å²) in [4.78, 5) is 33.7. The largest absolute Gasteiger partial charge is 0.346 e. The van der Waals surface area contributed by atoms with E-state index in [4.69, 9.17) is 0 Å². The van der Waals surface area contributed by atoms with Gasteiger partial charge in [0.25, 0.3) is 11.8 Å². The van der Waals surface area contributed by atoms with Crippen LogP contribution in [0.1, 0.15) is 25.0 Å². The summed E-state index contributed by atoms with van der Waals surface area (Å²) >= 11 is 1.14. The molecule has 3 aromatic heterocycles. The molecule has 9 heteroatoms. The van der Waals surface area contributed by atoms with Crippen LogP contribution in [-0.2, 0) is 6.54 Å². The molecule has 2 amide bonds. The molecular weight excluding hydrogens is 388 g/mol. The second-order valence-corrected chi connectivity index (χ2v) is 7.09. The molecule has 2 N–H and O–H groups in total. The summed E-state index contributed by atoms with van der Waals surface area (Å²) in [5, 5.41) is 9.68. The molecule has 0 saturated heterocycles. The number of amides is 2. The molecule has 29 heavy (non-hydrogen) atoms. The van der Waals surface area contributed by atoms with Crippen LogP contribution in [0.2, 0.25) is 0 Å². The average molecular weight is 404 g/mol. The van der Waals surface area contributed by atoms with Crippen molar-refractivity contribution in [2.45, 2.75) is 6.54 Å². The fraction of sp³-hybridized carbons (Fsp3) is 0.0500. The summed E-state index contributed by atoms with van der Waals surface area (Å²) in [5.74, 6) is -0.510. The number of aromatic nitrogens is 4. The quantitative estimate of drug-likeness (QED) is 0.514. The van der Waals surface area contributed by atoms with Crippen LogP contribution in [0.5, 0.6) is 0 Å². The van der Waals surface area contributed by atoms with E-state index in [1.807, 2.05) is 30.3 Å². The number of hydrogen-bond acceptors (Lipinski definition) is 6. The van der Waals surface area contributed by atoms with Gasteiger partial charge in [-0.1, -0.05) is 6.07 Å². The summed E-state index contributed by atoms with van der Waals surface area (Å²) in [5.41, 5.74) is 2.25. The third kappa shape index (κ3) is 4.53. The number of rotatable bonds is 6. The Morgan fingerprint density at radius 3 is 2.45 bits per heavy atom. The summed E-state index contributed by atoms with van der Waals surface area (Å²) in [6.07, 6.45) is 4.73. The Bertz CT molecular complexity index is 1110. The van der Waals surface area contributed by atoms with Gasteiger partial charge in [-0.2, -0.15) is 5.10 Å². The Kier molecular flexibility index (Phi) is 5.39. The molecule has 0 fully saturated rings. The highest BCUT2D eigenvalue weighted by Crippen LogP contribution is 2.19. The third-order valence-electron chi connectivity index (χ3n) is 4.02. The van der Waals surface area contributed by atoms with Gasteiger partial charge >= 0.3 is 0 Å². The van der Waals surface area contributed by atoms with Gasteiger partial charge in [-0.05, 0) is 48.5 Å². The molecule has 4 rings (SSSR count). The van der Waals surface area contributed by atoms with Crippen LogP contribution in [0.15, 0.2) is 73.4 Å². The zero-order valence-corrected chi connectivity index (χ0v) is 16.0. The topological polar surface area (TPSA) is 102 Å². The van der Waals surface area contributed by atoms with Gasteiger partial charge in [0.05, 0.1) is 27.7 Å². The second-order valence-electron chi connectivity index (χ2n) is 6.01. The summed E-state index contributed by atoms with van der Waals surface area (Å²) < 4.78 is 1.63. The van der Waals surface area contributed by atoms with Crippen LogP contribution in [-0.4, -0.2) is 31.6 Å². The van der Waals surface area contributed by atoms with Crippen LogP contribution in [0.4, 0.5) is 5.69 Å². The first-order valence-electron chi connectivity index (χ1n) is 8.73. The molecule has 0 aliphatic heterocycles. The molecule has 3 heterocycles. The standard InChI is InChI=1S/C20H16N6O2S/c27-19(23-11-15-3-1-2-10-22-15)17-8-9-18(29-17)20(28)25-14-4-6-16(7-5-14)26-13-21-12-24-26/h1-10,12-13H,11H2,(H,23,27)(H,25,28). The Balaban J connectivity index is 1.36. The monoisotopic (exact) mass is 404 g/mol. The van der Waals surface area contributed by atoms with E-state index in [0.717, 1.165) is 22.7 Å². The normalized spacial score (nSPS) is 10.5. The van der Waals surface area contributed by atoms with E-state index in [2.05, 4.69) is 25.7 Å². The van der Waals surface area contributed by atoms with Crippen molar-refractivity contribution >= 4 is 28.8 Å². The van der Waals surface area contributed by atoms with Gasteiger partial charge in [-0.15, -0.1) is 11.3 Å². The number of hydrogen-bond donors (Lipinski definition) is 2. The number of carbonyl (C=O) groups excluding carboxylic acids is 2. The minimum atomic E-state index is -0.271. The van der Waals surface area contributed by atoms with Crippen molar-refractivity contribution in [1.29, 1.82) is 0 Å². The number of anilines is 1. The van der Waals surface area contributed by atoms with Crippen molar-refractivity contribution in [3.05, 3.63) is 88.9 Å². The summed E-state index contributed by atoms with van der Waals surface area (Å²) in [7, 11) is 0. The van der Waals surface area contributed by atoms with Crippen molar-refractivity contribution in [3.8, 4) is 5.69 Å². The summed E-state index contributed by atoms with van der Waals surface area (Å²) in [6, 6.07) is 16.0. The van der Waals surface area contributed by atoms with E-state index >= 15 is 0 Å². The molecular formula is C20H16N6O2S. The van der Waals surface area contributed by atoms with Crippen molar-refractivity contribution < 1.29 is 9.59 Å². The SMILES string of the molecule is O=C(NCc1ccccn1)c1ccc(C(=O)Nc2ccc(-n3cncn3)cc2)s1. The molecule has 0 radical (unpaired) electrons. The Labute approximate surface area is 170 Å². The lowest BCUT2D eigenvalue weighted by Gasteiger charge is -2.05. The van der Waals surface area contributed by atoms with Gasteiger partial charge < -0.3 is 10.6 Å². The second kappa shape index (κ2) is 8.44. The zero-order valence-electron chi connectivity index (χ0n) is 15.1. The lowest BCUT2D eigenvalue weighted by Crippen LogP contribution is -2.22. The Morgan fingerprint density at radius 1 is 0.966 bits per heavy atom. The molecule has 144 valence electrons. The van der Waals surface area contributed by atoms with Crippen molar-refractivity contribution in [2.24, 2.45) is 0 Å². The summed E-state index contributed by atoms with van der Waals surface area (Å²) in [6.45, 7) is 0.331. The van der Waals surface area contributed by atoms with E-state index in [1.165, 1.54) is 6.33 Å². The number of benzene rings is 1. The van der Waals surface area contributed by atoms with E-state index in [9.17, 15) is 9.59 Å². The molecule has 1 aromatic carbocycles. The fourth-order valence-electron chi connectivity index (χ4n) is 2.57. The number of nitrogens with one attached hydrogen (secondary N) is 2. The van der Waals surface area contributed by atoms with Crippen LogP contribution in [0, 0.1) is 0 Å². The number of pyridine rings is 1. The average Bonchev–Trinajstić information content (AvgIpc) is 3.46. The molecule has 0 atom stereocenters. The van der Waals surface area contributed by atoms with E-state index in [-0.39, 0.29) is 11.8 Å². The smallest absolute Gasteiger partial charge is 0.265 e. The predicted molar refractivity (Wildman–Crippen MR) is 109 cm³/mol. The maximum atomic E-state index is 12.5. The van der Waals surface area contributed by atoms with E-state index < -0.39 is 0 Å². The first kappa shape index (κ1) is 18.5. The van der Waals surface area contributed by atoms with Crippen LogP contribution in [0.25, 0.3) is 5.69 Å². The van der Waals surface area contributed by atoms with Crippen LogP contribution in [0.3, 0.4) is 0 Å². The van der Waals surface area contributed by atoms with Crippen LogP contribution < -0.4 is 10.6 Å². The lowest BCUT2D eigenvalue weighted by atomic mass is 10.2. The maximum absolute atomic E-state index is 12.5. The van der Waals surface area contributed by atoms with Crippen LogP contribution >= 0.6 is 11.3 Å². The first-order valence-corrected chi connectivity index (χ1v) is 9.55. The van der Waals surface area contributed by atoms with Crippen molar-refractivity contribution in [1.82, 2.24) is 25.1 Å². The molecule has 4 aromatic rings. The van der Waals surface area contributed by atoms with Gasteiger partial charge in [0.1, 0.15) is 12.7 Å². The van der Waals surface area contributed by atoms with Gasteiger partial charge in [0.15, 0.2) is 0 Å². The number of thiophene rings is 1. The minimum Gasteiger partial charge on any atom is -0.346 e. The fourth-order valence-corrected chi connectivity index (χ4v) is 3.39. The molecule has 0 bridgehead atoms. The van der Waals surface area contributed by atoms with Gasteiger partial charge in [-0.25, -0.2) is 9.67 Å². The number of carbonyl (C=O) groups is 2. The highest BCUT2D eigenvalue weighted by atomic mass is 32.1. The highest BCUT2D eigenvalue weighted by molar-refractivity contribution is 7.16. The van der Waals surface area contributed by atoms with Crippen molar-refractivity contribution in [2.75, 3.05) is 5.32 Å². The van der Waals surface area contributed by atoms with E-state index in [0.29, 0.717) is 22.0 Å². The van der Waals surface area contributed by atoms with E-state index in [1.54, 1.807) is 41.5 Å². The molecule has 0 spiro atoms. The first-order chi connectivity index (χ1) is 14.2.